The number of hydrogen-bond acceptors (Lipinski definition) is 9. The number of aromatic nitrogens is 2. The van der Waals surface area contributed by atoms with Crippen LogP contribution in [0.4, 0.5) is 11.6 Å². The minimum Gasteiger partial charge on any atom is -0.491 e. The van der Waals surface area contributed by atoms with Gasteiger partial charge in [0.2, 0.25) is 0 Å². The molecule has 0 spiro atoms. The summed E-state index contributed by atoms with van der Waals surface area (Å²) in [5.41, 5.74) is 1.94. The van der Waals surface area contributed by atoms with E-state index >= 15 is 0 Å². The van der Waals surface area contributed by atoms with Crippen LogP contribution in [0.1, 0.15) is 12.0 Å². The van der Waals surface area contributed by atoms with Gasteiger partial charge in [0.05, 0.1) is 25.9 Å². The summed E-state index contributed by atoms with van der Waals surface area (Å²) in [6.07, 6.45) is 0.413. The van der Waals surface area contributed by atoms with Crippen LogP contribution in [0.2, 0.25) is 0 Å². The van der Waals surface area contributed by atoms with Gasteiger partial charge in [0.1, 0.15) is 30.1 Å². The van der Waals surface area contributed by atoms with Crippen LogP contribution < -0.4 is 19.9 Å². The number of likely N-dealkylation sites (N-methyl/N-ethyl adjacent to an activating group) is 2. The maximum Gasteiger partial charge on any atom is 0.164 e. The largest absolute Gasteiger partial charge is 0.491 e. The summed E-state index contributed by atoms with van der Waals surface area (Å²) >= 11 is 0. The Morgan fingerprint density at radius 2 is 2.06 bits per heavy atom. The highest BCUT2D eigenvalue weighted by Crippen LogP contribution is 2.32. The molecule has 33 heavy (non-hydrogen) atoms. The number of aliphatic hydroxyl groups is 1. The lowest BCUT2D eigenvalue weighted by Gasteiger charge is -2.32. The molecule has 1 aromatic heterocycles. The minimum atomic E-state index is -0.573. The summed E-state index contributed by atoms with van der Waals surface area (Å²) in [4.78, 5) is 14.5. The minimum absolute atomic E-state index is 0.216. The van der Waals surface area contributed by atoms with Gasteiger partial charge in [0.25, 0.3) is 0 Å². The Morgan fingerprint density at radius 3 is 2.79 bits per heavy atom. The van der Waals surface area contributed by atoms with E-state index in [-0.39, 0.29) is 6.61 Å². The van der Waals surface area contributed by atoms with Crippen LogP contribution in [0.15, 0.2) is 24.3 Å². The molecule has 2 aliphatic heterocycles. The van der Waals surface area contributed by atoms with Gasteiger partial charge in [0.15, 0.2) is 5.82 Å². The molecular weight excluding hydrogens is 422 g/mol. The van der Waals surface area contributed by atoms with Crippen molar-refractivity contribution in [3.05, 3.63) is 29.8 Å². The molecule has 1 aromatic carbocycles. The van der Waals surface area contributed by atoms with E-state index in [2.05, 4.69) is 29.1 Å². The van der Waals surface area contributed by atoms with Crippen molar-refractivity contribution in [1.82, 2.24) is 15.3 Å². The third kappa shape index (κ3) is 5.73. The zero-order valence-electron chi connectivity index (χ0n) is 19.8. The van der Waals surface area contributed by atoms with Crippen molar-refractivity contribution >= 4 is 11.6 Å². The smallest absolute Gasteiger partial charge is 0.164 e. The number of ether oxygens (including phenoxy) is 3. The molecule has 2 N–H and O–H groups in total. The van der Waals surface area contributed by atoms with Crippen LogP contribution in [0.5, 0.6) is 5.75 Å². The number of hydrogen-bond donors (Lipinski definition) is 2. The summed E-state index contributed by atoms with van der Waals surface area (Å²) in [7, 11) is 3.89. The van der Waals surface area contributed by atoms with Crippen molar-refractivity contribution in [2.45, 2.75) is 25.5 Å². The van der Waals surface area contributed by atoms with E-state index in [4.69, 9.17) is 24.2 Å². The van der Waals surface area contributed by atoms with Gasteiger partial charge in [-0.3, -0.25) is 0 Å². The monoisotopic (exact) mass is 457 g/mol. The Morgan fingerprint density at radius 1 is 1.24 bits per heavy atom. The van der Waals surface area contributed by atoms with E-state index in [1.807, 2.05) is 24.3 Å². The van der Waals surface area contributed by atoms with Crippen molar-refractivity contribution < 1.29 is 19.3 Å². The zero-order chi connectivity index (χ0) is 23.2. The van der Waals surface area contributed by atoms with Gasteiger partial charge in [-0.25, -0.2) is 9.97 Å². The molecule has 0 radical (unpaired) electrons. The van der Waals surface area contributed by atoms with Crippen molar-refractivity contribution in [2.75, 3.05) is 76.6 Å². The predicted molar refractivity (Wildman–Crippen MR) is 128 cm³/mol. The van der Waals surface area contributed by atoms with E-state index < -0.39 is 6.10 Å². The summed E-state index contributed by atoms with van der Waals surface area (Å²) in [5, 5.41) is 12.9. The Hall–Kier alpha value is -2.46. The first-order chi connectivity index (χ1) is 16.1. The lowest BCUT2D eigenvalue weighted by atomic mass is 10.1. The highest BCUT2D eigenvalue weighted by molar-refractivity contribution is 5.68. The maximum absolute atomic E-state index is 9.97. The van der Waals surface area contributed by atoms with E-state index in [0.29, 0.717) is 44.0 Å². The van der Waals surface area contributed by atoms with E-state index in [1.165, 1.54) is 0 Å². The normalized spacial score (nSPS) is 19.5. The second-order valence-corrected chi connectivity index (χ2v) is 8.60. The van der Waals surface area contributed by atoms with Crippen LogP contribution in [0, 0.1) is 6.92 Å². The molecular formula is C24H35N5O4. The maximum atomic E-state index is 9.97. The second kappa shape index (κ2) is 11.1. The van der Waals surface area contributed by atoms with E-state index in [0.717, 1.165) is 48.9 Å². The zero-order valence-corrected chi connectivity index (χ0v) is 19.8. The van der Waals surface area contributed by atoms with Crippen LogP contribution in [-0.4, -0.2) is 94.0 Å². The Kier molecular flexibility index (Phi) is 7.97. The van der Waals surface area contributed by atoms with Crippen molar-refractivity contribution in [1.29, 1.82) is 0 Å². The van der Waals surface area contributed by atoms with Crippen molar-refractivity contribution in [2.24, 2.45) is 0 Å². The fourth-order valence-corrected chi connectivity index (χ4v) is 4.26. The first kappa shape index (κ1) is 23.7. The lowest BCUT2D eigenvalue weighted by Crippen LogP contribution is -2.38. The number of nitrogens with zero attached hydrogens (tertiary/aromatic N) is 4. The third-order valence-electron chi connectivity index (χ3n) is 6.17. The second-order valence-electron chi connectivity index (χ2n) is 8.60. The average molecular weight is 458 g/mol. The summed E-state index contributed by atoms with van der Waals surface area (Å²) in [6, 6.07) is 8.04. The first-order valence-corrected chi connectivity index (χ1v) is 11.6. The van der Waals surface area contributed by atoms with Gasteiger partial charge >= 0.3 is 0 Å². The van der Waals surface area contributed by atoms with Crippen molar-refractivity contribution in [3.8, 4) is 17.1 Å². The van der Waals surface area contributed by atoms with Gasteiger partial charge in [-0.2, -0.15) is 0 Å². The number of anilines is 2. The van der Waals surface area contributed by atoms with Crippen LogP contribution >= 0.6 is 0 Å². The van der Waals surface area contributed by atoms with Gasteiger partial charge in [-0.15, -0.1) is 0 Å². The molecule has 9 nitrogen and oxygen atoms in total. The Bertz CT molecular complexity index is 916. The molecule has 2 atom stereocenters. The topological polar surface area (TPSA) is 92.2 Å². The number of aliphatic hydroxyl groups excluding tert-OH is 1. The molecule has 4 rings (SSSR count). The van der Waals surface area contributed by atoms with Crippen molar-refractivity contribution in [3.63, 3.8) is 0 Å². The highest BCUT2D eigenvalue weighted by Gasteiger charge is 2.26. The molecule has 2 fully saturated rings. The SMILES string of the molecule is CNCC(O)COc1cccc(-c2nc(N3CCOCC3)c(C)c(N(C)[C@H]3CCOC3)n2)c1. The molecule has 2 saturated heterocycles. The van der Waals surface area contributed by atoms with Gasteiger partial charge in [-0.1, -0.05) is 12.1 Å². The van der Waals surface area contributed by atoms with E-state index in [9.17, 15) is 5.11 Å². The molecule has 2 aliphatic rings. The van der Waals surface area contributed by atoms with Gasteiger partial charge < -0.3 is 34.4 Å². The molecule has 0 aliphatic carbocycles. The molecule has 0 bridgehead atoms. The molecule has 0 amide bonds. The quantitative estimate of drug-likeness (QED) is 0.581. The third-order valence-corrected chi connectivity index (χ3v) is 6.17. The number of morpholine rings is 1. The summed E-state index contributed by atoms with van der Waals surface area (Å²) in [6.45, 7) is 7.27. The lowest BCUT2D eigenvalue weighted by molar-refractivity contribution is 0.108. The molecule has 3 heterocycles. The van der Waals surface area contributed by atoms with E-state index in [1.54, 1.807) is 7.05 Å². The van der Waals surface area contributed by atoms with Crippen LogP contribution in [0.3, 0.4) is 0 Å². The Labute approximate surface area is 195 Å². The molecule has 9 heteroatoms. The highest BCUT2D eigenvalue weighted by atomic mass is 16.5. The Balaban J connectivity index is 1.67. The van der Waals surface area contributed by atoms with Crippen LogP contribution in [0.25, 0.3) is 11.4 Å². The molecule has 0 saturated carbocycles. The summed E-state index contributed by atoms with van der Waals surface area (Å²) < 4.78 is 17.0. The number of rotatable bonds is 9. The average Bonchev–Trinajstić information content (AvgIpc) is 3.39. The first-order valence-electron chi connectivity index (χ1n) is 11.6. The summed E-state index contributed by atoms with van der Waals surface area (Å²) in [5.74, 6) is 3.20. The fourth-order valence-electron chi connectivity index (χ4n) is 4.26. The number of nitrogens with one attached hydrogen (secondary N) is 1. The van der Waals surface area contributed by atoms with Crippen LogP contribution in [-0.2, 0) is 9.47 Å². The predicted octanol–water partition coefficient (Wildman–Crippen LogP) is 1.47. The fraction of sp³-hybridized carbons (Fsp3) is 0.583. The molecule has 180 valence electrons. The standard InChI is InChI=1S/C24H35N5O4/c1-17-23(28(3)19-7-10-32-15-19)26-22(27-24(17)29-8-11-31-12-9-29)18-5-4-6-21(13-18)33-16-20(30)14-25-2/h4-6,13,19-20,25,30H,7-12,14-16H2,1-3H3/t19-,20?/m0/s1. The molecule has 2 aromatic rings. The number of benzene rings is 1. The van der Waals surface area contributed by atoms with Gasteiger partial charge in [-0.05, 0) is 32.5 Å². The van der Waals surface area contributed by atoms with Gasteiger partial charge in [0, 0.05) is 44.4 Å². The molecule has 1 unspecified atom stereocenters.